The van der Waals surface area contributed by atoms with E-state index < -0.39 is 0 Å². The second-order valence-corrected chi connectivity index (χ2v) is 5.08. The minimum atomic E-state index is 0.297. The molecule has 2 heterocycles. The van der Waals surface area contributed by atoms with Crippen molar-refractivity contribution in [3.05, 3.63) is 11.6 Å². The Balaban J connectivity index is 1.59. The van der Waals surface area contributed by atoms with Crippen molar-refractivity contribution in [2.45, 2.75) is 19.5 Å². The van der Waals surface area contributed by atoms with E-state index in [1.165, 1.54) is 31.8 Å². The Morgan fingerprint density at radius 3 is 2.76 bits per heavy atom. The van der Waals surface area contributed by atoms with Crippen LogP contribution in [-0.4, -0.2) is 68.5 Å². The molecule has 1 atom stereocenters. The molecule has 0 bridgehead atoms. The molecule has 4 heteroatoms. The molecule has 0 aromatic heterocycles. The summed E-state index contributed by atoms with van der Waals surface area (Å²) in [6.45, 7) is 9.08. The predicted octanol–water partition coefficient (Wildman–Crippen LogP) is 0.570. The SMILES string of the molecule is CC1=CCC(NCCN2CCN(C)CC2)N=C1. The summed E-state index contributed by atoms with van der Waals surface area (Å²) in [4.78, 5) is 9.39. The van der Waals surface area contributed by atoms with Gasteiger partial charge in [-0.1, -0.05) is 6.08 Å². The molecule has 2 rings (SSSR count). The molecule has 0 aromatic rings. The Bertz CT molecular complexity index is 290. The van der Waals surface area contributed by atoms with Crippen LogP contribution in [0.3, 0.4) is 0 Å². The molecule has 4 nitrogen and oxygen atoms in total. The Morgan fingerprint density at radius 1 is 1.35 bits per heavy atom. The van der Waals surface area contributed by atoms with E-state index in [1.54, 1.807) is 0 Å². The summed E-state index contributed by atoms with van der Waals surface area (Å²) in [6.07, 6.45) is 5.55. The molecular formula is C13H24N4. The van der Waals surface area contributed by atoms with Gasteiger partial charge in [-0.25, -0.2) is 0 Å². The van der Waals surface area contributed by atoms with Crippen LogP contribution < -0.4 is 5.32 Å². The maximum absolute atomic E-state index is 4.47. The minimum absolute atomic E-state index is 0.297. The summed E-state index contributed by atoms with van der Waals surface area (Å²) in [6, 6.07) is 0. The number of dihydropyridines is 1. The molecule has 0 spiro atoms. The van der Waals surface area contributed by atoms with Crippen molar-refractivity contribution in [3.63, 3.8) is 0 Å². The number of hydrogen-bond donors (Lipinski definition) is 1. The average Bonchev–Trinajstić information content (AvgIpc) is 2.34. The molecule has 1 unspecified atom stereocenters. The first kappa shape index (κ1) is 12.7. The van der Waals surface area contributed by atoms with Crippen molar-refractivity contribution in [1.29, 1.82) is 0 Å². The highest BCUT2D eigenvalue weighted by Crippen LogP contribution is 2.05. The summed E-state index contributed by atoms with van der Waals surface area (Å²) in [7, 11) is 2.20. The van der Waals surface area contributed by atoms with E-state index in [0.717, 1.165) is 19.5 Å². The zero-order valence-corrected chi connectivity index (χ0v) is 11.0. The molecule has 0 radical (unpaired) electrons. The minimum Gasteiger partial charge on any atom is -0.304 e. The third-order valence-electron chi connectivity index (χ3n) is 3.53. The topological polar surface area (TPSA) is 30.9 Å². The fourth-order valence-corrected chi connectivity index (χ4v) is 2.22. The van der Waals surface area contributed by atoms with Crippen molar-refractivity contribution >= 4 is 6.21 Å². The van der Waals surface area contributed by atoms with Gasteiger partial charge in [0, 0.05) is 51.9 Å². The third-order valence-corrected chi connectivity index (χ3v) is 3.53. The first-order chi connectivity index (χ1) is 8.24. The van der Waals surface area contributed by atoms with E-state index in [4.69, 9.17) is 0 Å². The summed E-state index contributed by atoms with van der Waals surface area (Å²) >= 11 is 0. The van der Waals surface area contributed by atoms with Gasteiger partial charge in [-0.2, -0.15) is 0 Å². The van der Waals surface area contributed by atoms with Gasteiger partial charge in [0.15, 0.2) is 0 Å². The van der Waals surface area contributed by atoms with Gasteiger partial charge in [-0.05, 0) is 19.5 Å². The van der Waals surface area contributed by atoms with E-state index in [2.05, 4.69) is 40.2 Å². The van der Waals surface area contributed by atoms with E-state index in [-0.39, 0.29) is 0 Å². The van der Waals surface area contributed by atoms with Crippen LogP contribution in [0, 0.1) is 0 Å². The molecular weight excluding hydrogens is 212 g/mol. The van der Waals surface area contributed by atoms with Crippen LogP contribution in [0.2, 0.25) is 0 Å². The molecule has 0 aromatic carbocycles. The first-order valence-electron chi connectivity index (χ1n) is 6.58. The van der Waals surface area contributed by atoms with Crippen molar-refractivity contribution in [2.75, 3.05) is 46.3 Å². The zero-order valence-electron chi connectivity index (χ0n) is 11.0. The van der Waals surface area contributed by atoms with Crippen molar-refractivity contribution in [3.8, 4) is 0 Å². The van der Waals surface area contributed by atoms with E-state index >= 15 is 0 Å². The van der Waals surface area contributed by atoms with Crippen LogP contribution in [0.4, 0.5) is 0 Å². The van der Waals surface area contributed by atoms with Gasteiger partial charge in [-0.15, -0.1) is 0 Å². The second-order valence-electron chi connectivity index (χ2n) is 5.08. The number of nitrogens with zero attached hydrogens (tertiary/aromatic N) is 3. The van der Waals surface area contributed by atoms with Crippen molar-refractivity contribution < 1.29 is 0 Å². The Labute approximate surface area is 104 Å². The van der Waals surface area contributed by atoms with Crippen LogP contribution in [-0.2, 0) is 0 Å². The zero-order chi connectivity index (χ0) is 12.1. The molecule has 2 aliphatic heterocycles. The van der Waals surface area contributed by atoms with Crippen LogP contribution in [0.5, 0.6) is 0 Å². The van der Waals surface area contributed by atoms with Crippen molar-refractivity contribution in [1.82, 2.24) is 15.1 Å². The molecule has 1 fully saturated rings. The third kappa shape index (κ3) is 4.22. The van der Waals surface area contributed by atoms with Gasteiger partial charge in [0.1, 0.15) is 6.17 Å². The average molecular weight is 236 g/mol. The standard InChI is InChI=1S/C13H24N4/c1-12-3-4-13(15-11-12)14-5-6-17-9-7-16(2)8-10-17/h3,11,13-14H,4-10H2,1-2H3. The van der Waals surface area contributed by atoms with Gasteiger partial charge < -0.3 is 4.90 Å². The second kappa shape index (κ2) is 6.28. The predicted molar refractivity (Wildman–Crippen MR) is 72.6 cm³/mol. The number of aliphatic imine (C=N–C) groups is 1. The van der Waals surface area contributed by atoms with Crippen LogP contribution in [0.1, 0.15) is 13.3 Å². The Kier molecular flexibility index (Phi) is 4.71. The van der Waals surface area contributed by atoms with Crippen molar-refractivity contribution in [2.24, 2.45) is 4.99 Å². The van der Waals surface area contributed by atoms with Gasteiger partial charge >= 0.3 is 0 Å². The summed E-state index contributed by atoms with van der Waals surface area (Å²) in [5.41, 5.74) is 1.28. The first-order valence-corrected chi connectivity index (χ1v) is 6.58. The normalized spacial score (nSPS) is 27.2. The molecule has 1 saturated heterocycles. The van der Waals surface area contributed by atoms with Crippen LogP contribution in [0.25, 0.3) is 0 Å². The lowest BCUT2D eigenvalue weighted by Crippen LogP contribution is -2.47. The molecule has 17 heavy (non-hydrogen) atoms. The molecule has 1 N–H and O–H groups in total. The van der Waals surface area contributed by atoms with Crippen LogP contribution in [0.15, 0.2) is 16.6 Å². The molecule has 0 aliphatic carbocycles. The molecule has 96 valence electrons. The largest absolute Gasteiger partial charge is 0.304 e. The van der Waals surface area contributed by atoms with Gasteiger partial charge in [-0.3, -0.25) is 15.2 Å². The van der Waals surface area contributed by atoms with E-state index in [0.29, 0.717) is 6.17 Å². The number of allylic oxidation sites excluding steroid dienone is 1. The fraction of sp³-hybridized carbons (Fsp3) is 0.769. The molecule has 0 saturated carbocycles. The lowest BCUT2D eigenvalue weighted by molar-refractivity contribution is 0.153. The fourth-order valence-electron chi connectivity index (χ4n) is 2.22. The maximum atomic E-state index is 4.47. The lowest BCUT2D eigenvalue weighted by Gasteiger charge is -2.32. The highest BCUT2D eigenvalue weighted by Gasteiger charge is 2.13. The number of nitrogens with one attached hydrogen (secondary N) is 1. The van der Waals surface area contributed by atoms with Gasteiger partial charge in [0.05, 0.1) is 0 Å². The summed E-state index contributed by atoms with van der Waals surface area (Å²) < 4.78 is 0. The number of hydrogen-bond acceptors (Lipinski definition) is 4. The number of likely N-dealkylation sites (N-methyl/N-ethyl adjacent to an activating group) is 1. The summed E-state index contributed by atoms with van der Waals surface area (Å²) in [5, 5.41) is 3.50. The number of rotatable bonds is 4. The van der Waals surface area contributed by atoms with Gasteiger partial charge in [0.25, 0.3) is 0 Å². The lowest BCUT2D eigenvalue weighted by atomic mass is 10.2. The maximum Gasteiger partial charge on any atom is 0.103 e. The Morgan fingerprint density at radius 2 is 2.12 bits per heavy atom. The van der Waals surface area contributed by atoms with E-state index in [1.807, 2.05) is 6.21 Å². The summed E-state index contributed by atoms with van der Waals surface area (Å²) in [5.74, 6) is 0. The quantitative estimate of drug-likeness (QED) is 0.774. The number of piperazine rings is 1. The Hall–Kier alpha value is -0.710. The highest BCUT2D eigenvalue weighted by molar-refractivity contribution is 5.78. The smallest absolute Gasteiger partial charge is 0.103 e. The highest BCUT2D eigenvalue weighted by atomic mass is 15.3. The monoisotopic (exact) mass is 236 g/mol. The van der Waals surface area contributed by atoms with Crippen LogP contribution >= 0.6 is 0 Å². The van der Waals surface area contributed by atoms with E-state index in [9.17, 15) is 0 Å². The molecule has 0 amide bonds. The molecule has 2 aliphatic rings. The van der Waals surface area contributed by atoms with Gasteiger partial charge in [0.2, 0.25) is 0 Å².